The first-order chi connectivity index (χ1) is 6.18. The molecule has 2 rings (SSSR count). The third-order valence-corrected chi connectivity index (χ3v) is 1.82. The number of rotatable bonds is 0. The van der Waals surface area contributed by atoms with Crippen LogP contribution in [0.2, 0.25) is 0 Å². The van der Waals surface area contributed by atoms with Gasteiger partial charge in [-0.25, -0.2) is 13.8 Å². The van der Waals surface area contributed by atoms with Crippen LogP contribution in [0.5, 0.6) is 0 Å². The van der Waals surface area contributed by atoms with Gasteiger partial charge in [0.1, 0.15) is 5.52 Å². The minimum Gasteiger partial charge on any atom is -0.249 e. The summed E-state index contributed by atoms with van der Waals surface area (Å²) in [4.78, 5) is 3.87. The lowest BCUT2D eigenvalue weighted by Gasteiger charge is -1.99. The summed E-state index contributed by atoms with van der Waals surface area (Å²) in [5, 5.41) is 0.560. The highest BCUT2D eigenvalue weighted by Gasteiger charge is 2.07. The summed E-state index contributed by atoms with van der Waals surface area (Å²) in [6.07, 6.45) is 0. The van der Waals surface area contributed by atoms with Crippen LogP contribution in [0, 0.1) is 24.6 Å². The maximum Gasteiger partial charge on any atom is 0.184 e. The molecule has 0 saturated heterocycles. The number of hydrogen-bond donors (Lipinski definition) is 0. The summed E-state index contributed by atoms with van der Waals surface area (Å²) in [6, 6.07) is 6.99. The second kappa shape index (κ2) is 2.76. The van der Waals surface area contributed by atoms with Crippen LogP contribution in [0.4, 0.5) is 8.78 Å². The van der Waals surface area contributed by atoms with E-state index in [0.717, 1.165) is 6.07 Å². The number of halogens is 2. The van der Waals surface area contributed by atoms with Crippen molar-refractivity contribution >= 4 is 10.9 Å². The fourth-order valence-corrected chi connectivity index (χ4v) is 1.17. The predicted molar refractivity (Wildman–Crippen MR) is 45.2 cm³/mol. The molecule has 2 aromatic rings. The van der Waals surface area contributed by atoms with E-state index in [1.165, 1.54) is 6.07 Å². The highest BCUT2D eigenvalue weighted by Crippen LogP contribution is 2.18. The molecule has 0 spiro atoms. The smallest absolute Gasteiger partial charge is 0.184 e. The van der Waals surface area contributed by atoms with Crippen LogP contribution < -0.4 is 0 Å². The van der Waals surface area contributed by atoms with Gasteiger partial charge in [0.05, 0.1) is 0 Å². The lowest BCUT2D eigenvalue weighted by Crippen LogP contribution is -1.90. The van der Waals surface area contributed by atoms with Crippen LogP contribution in [0.1, 0.15) is 5.69 Å². The summed E-state index contributed by atoms with van der Waals surface area (Å²) < 4.78 is 25.9. The van der Waals surface area contributed by atoms with Gasteiger partial charge in [0.25, 0.3) is 0 Å². The third-order valence-electron chi connectivity index (χ3n) is 1.82. The second-order valence-corrected chi connectivity index (χ2v) is 2.79. The van der Waals surface area contributed by atoms with Gasteiger partial charge in [0.15, 0.2) is 11.6 Å². The first kappa shape index (κ1) is 8.10. The highest BCUT2D eigenvalue weighted by atomic mass is 19.2. The van der Waals surface area contributed by atoms with Crippen molar-refractivity contribution in [2.45, 2.75) is 6.92 Å². The van der Waals surface area contributed by atoms with Crippen LogP contribution in [-0.2, 0) is 0 Å². The number of aryl methyl sites for hydroxylation is 1. The standard InChI is InChI=1S/C10H6F2N/c1-6-2-3-7-4-5-8(11)9(12)10(7)13-6/h3-5H,1H3. The summed E-state index contributed by atoms with van der Waals surface area (Å²) in [7, 11) is 0. The summed E-state index contributed by atoms with van der Waals surface area (Å²) in [5.74, 6) is -1.76. The molecule has 1 aromatic heterocycles. The van der Waals surface area contributed by atoms with Crippen molar-refractivity contribution in [3.63, 3.8) is 0 Å². The number of benzene rings is 1. The minimum absolute atomic E-state index is 0.0660. The molecule has 0 atom stereocenters. The van der Waals surface area contributed by atoms with Crippen LogP contribution >= 0.6 is 0 Å². The number of aromatic nitrogens is 1. The minimum atomic E-state index is -0.894. The Hall–Kier alpha value is -1.51. The Morgan fingerprint density at radius 2 is 2.08 bits per heavy atom. The largest absolute Gasteiger partial charge is 0.249 e. The van der Waals surface area contributed by atoms with Gasteiger partial charge in [-0.1, -0.05) is 0 Å². The zero-order valence-electron chi connectivity index (χ0n) is 6.94. The molecule has 1 radical (unpaired) electrons. The van der Waals surface area contributed by atoms with Crippen molar-refractivity contribution in [1.29, 1.82) is 0 Å². The quantitative estimate of drug-likeness (QED) is 0.604. The summed E-state index contributed by atoms with van der Waals surface area (Å²) in [6.45, 7) is 1.68. The average molecular weight is 178 g/mol. The molecule has 1 aromatic carbocycles. The van der Waals surface area contributed by atoms with Gasteiger partial charge in [-0.05, 0) is 25.1 Å². The van der Waals surface area contributed by atoms with Crippen LogP contribution in [-0.4, -0.2) is 4.98 Å². The molecule has 0 aliphatic carbocycles. The van der Waals surface area contributed by atoms with Gasteiger partial charge in [0.2, 0.25) is 0 Å². The molecule has 0 N–H and O–H groups in total. The fraction of sp³-hybridized carbons (Fsp3) is 0.100. The molecular weight excluding hydrogens is 172 g/mol. The molecule has 0 fully saturated rings. The van der Waals surface area contributed by atoms with E-state index in [4.69, 9.17) is 0 Å². The fourth-order valence-electron chi connectivity index (χ4n) is 1.17. The molecule has 13 heavy (non-hydrogen) atoms. The molecule has 0 aliphatic heterocycles. The Bertz CT molecular complexity index is 460. The van der Waals surface area contributed by atoms with Crippen LogP contribution in [0.15, 0.2) is 18.2 Å². The van der Waals surface area contributed by atoms with E-state index in [2.05, 4.69) is 11.1 Å². The maximum atomic E-state index is 13.1. The second-order valence-electron chi connectivity index (χ2n) is 2.79. The average Bonchev–Trinajstić information content (AvgIpc) is 2.12. The third kappa shape index (κ3) is 1.26. The Kier molecular flexibility index (Phi) is 1.72. The van der Waals surface area contributed by atoms with E-state index in [1.54, 1.807) is 13.0 Å². The zero-order valence-corrected chi connectivity index (χ0v) is 6.94. The molecule has 0 saturated carbocycles. The van der Waals surface area contributed by atoms with Crippen molar-refractivity contribution in [3.8, 4) is 0 Å². The van der Waals surface area contributed by atoms with Crippen molar-refractivity contribution in [3.05, 3.63) is 41.6 Å². The van der Waals surface area contributed by atoms with E-state index in [9.17, 15) is 8.78 Å². The van der Waals surface area contributed by atoms with Crippen molar-refractivity contribution in [2.24, 2.45) is 0 Å². The Morgan fingerprint density at radius 1 is 1.31 bits per heavy atom. The predicted octanol–water partition coefficient (Wildman–Crippen LogP) is 2.62. The molecule has 1 nitrogen and oxygen atoms in total. The lowest BCUT2D eigenvalue weighted by atomic mass is 10.2. The van der Waals surface area contributed by atoms with E-state index < -0.39 is 11.6 Å². The van der Waals surface area contributed by atoms with Gasteiger partial charge in [-0.3, -0.25) is 0 Å². The molecule has 0 amide bonds. The number of hydrogen-bond acceptors (Lipinski definition) is 1. The Morgan fingerprint density at radius 3 is 2.85 bits per heavy atom. The van der Waals surface area contributed by atoms with E-state index in [0.29, 0.717) is 11.1 Å². The van der Waals surface area contributed by atoms with E-state index in [1.807, 2.05) is 0 Å². The number of fused-ring (bicyclic) bond motifs is 1. The van der Waals surface area contributed by atoms with Gasteiger partial charge in [0, 0.05) is 17.1 Å². The van der Waals surface area contributed by atoms with E-state index >= 15 is 0 Å². The topological polar surface area (TPSA) is 12.9 Å². The van der Waals surface area contributed by atoms with Crippen molar-refractivity contribution < 1.29 is 8.78 Å². The van der Waals surface area contributed by atoms with E-state index in [-0.39, 0.29) is 5.52 Å². The van der Waals surface area contributed by atoms with Crippen molar-refractivity contribution in [2.75, 3.05) is 0 Å². The lowest BCUT2D eigenvalue weighted by molar-refractivity contribution is 0.515. The molecule has 0 aliphatic rings. The number of nitrogens with zero attached hydrogens (tertiary/aromatic N) is 1. The molecule has 0 unspecified atom stereocenters. The summed E-state index contributed by atoms with van der Waals surface area (Å²) >= 11 is 0. The van der Waals surface area contributed by atoms with Crippen LogP contribution in [0.25, 0.3) is 10.9 Å². The molecular formula is C10H6F2N. The SMILES string of the molecule is Cc1[c]cc2ccc(F)c(F)c2n1. The molecule has 3 heteroatoms. The Balaban J connectivity index is 2.89. The molecule has 0 bridgehead atoms. The first-order valence-electron chi connectivity index (χ1n) is 3.81. The van der Waals surface area contributed by atoms with Gasteiger partial charge in [-0.15, -0.1) is 0 Å². The number of pyridine rings is 1. The van der Waals surface area contributed by atoms with Gasteiger partial charge in [-0.2, -0.15) is 0 Å². The zero-order chi connectivity index (χ0) is 9.42. The maximum absolute atomic E-state index is 13.1. The van der Waals surface area contributed by atoms with Gasteiger partial charge < -0.3 is 0 Å². The Labute approximate surface area is 74.0 Å². The monoisotopic (exact) mass is 178 g/mol. The van der Waals surface area contributed by atoms with Crippen molar-refractivity contribution in [1.82, 2.24) is 4.98 Å². The van der Waals surface area contributed by atoms with Crippen LogP contribution in [0.3, 0.4) is 0 Å². The van der Waals surface area contributed by atoms with Gasteiger partial charge >= 0.3 is 0 Å². The molecule has 65 valence electrons. The summed E-state index contributed by atoms with van der Waals surface area (Å²) in [5.41, 5.74) is 0.619. The highest BCUT2D eigenvalue weighted by molar-refractivity contribution is 5.79. The molecule has 1 heterocycles. The normalized spacial score (nSPS) is 10.7. The first-order valence-corrected chi connectivity index (χ1v) is 3.81.